The van der Waals surface area contributed by atoms with Crippen LogP contribution in [0.3, 0.4) is 0 Å². The molecule has 11 rings (SSSR count). The van der Waals surface area contributed by atoms with Gasteiger partial charge in [0.15, 0.2) is 24.7 Å². The summed E-state index contributed by atoms with van der Waals surface area (Å²) < 4.78 is 15.1. The molecule has 0 unspecified atom stereocenters. The SMILES string of the molecule is CN(CCCCCCCCCCCCCCCN1C=CC(=C2C=CN(Cc3ccc(-c4cc(COc5ccc(C(C)(C)C)cc5)cc(COc5ccc(C(C)(C)C)cc5)c4)cc3)C=C2)C=C1)c1ccc(C2C(=O)C(=C3C=CC(=[N+](Cc4ccc(C(C)(C)C)cc4)Cc4ccc(C(C)(C)C)cc4)C=C3)C2=O)cc1. The first-order valence-corrected chi connectivity index (χ1v) is 39.8. The summed E-state index contributed by atoms with van der Waals surface area (Å²) in [4.78, 5) is 34.4. The molecule has 0 saturated heterocycles. The average molecular weight is 1430 g/mol. The molecule has 0 atom stereocenters. The maximum Gasteiger partial charge on any atom is 0.200 e. The van der Waals surface area contributed by atoms with Crippen LogP contribution >= 0.6 is 0 Å². The van der Waals surface area contributed by atoms with Crippen molar-refractivity contribution >= 4 is 23.0 Å². The molecule has 0 bridgehead atoms. The highest BCUT2D eigenvalue weighted by atomic mass is 16.5. The number of hydrogen-bond acceptors (Lipinski definition) is 7. The zero-order valence-electron chi connectivity index (χ0n) is 66.7. The molecule has 0 aromatic heterocycles. The molecule has 2 aliphatic heterocycles. The van der Waals surface area contributed by atoms with Crippen LogP contribution in [0.25, 0.3) is 11.1 Å². The van der Waals surface area contributed by atoms with E-state index in [2.05, 4.69) is 322 Å². The van der Waals surface area contributed by atoms with E-state index in [-0.39, 0.29) is 33.2 Å². The van der Waals surface area contributed by atoms with Gasteiger partial charge in [-0.25, -0.2) is 4.58 Å². The van der Waals surface area contributed by atoms with Crippen molar-refractivity contribution in [3.05, 3.63) is 315 Å². The van der Waals surface area contributed by atoms with Crippen molar-refractivity contribution < 1.29 is 23.6 Å². The van der Waals surface area contributed by atoms with Crippen molar-refractivity contribution in [2.45, 2.75) is 227 Å². The quantitative estimate of drug-likeness (QED) is 0.0141. The van der Waals surface area contributed by atoms with Crippen molar-refractivity contribution in [3.8, 4) is 22.6 Å². The van der Waals surface area contributed by atoms with Gasteiger partial charge >= 0.3 is 0 Å². The lowest BCUT2D eigenvalue weighted by atomic mass is 9.70. The van der Waals surface area contributed by atoms with Gasteiger partial charge in [-0.2, -0.15) is 0 Å². The summed E-state index contributed by atoms with van der Waals surface area (Å²) in [6, 6.07) is 58.6. The fraction of sp³-hybridized carbons (Fsp3) is 0.384. The molecular weight excluding hydrogens is 1310 g/mol. The first kappa shape index (κ1) is 78.5. The number of carbonyl (C=O) groups excluding carboxylic acids is 2. The summed E-state index contributed by atoms with van der Waals surface area (Å²) in [5.74, 6) is 0.808. The number of benzene rings is 7. The summed E-state index contributed by atoms with van der Waals surface area (Å²) in [7, 11) is 2.14. The van der Waals surface area contributed by atoms with E-state index in [9.17, 15) is 9.59 Å². The molecule has 2 heterocycles. The minimum atomic E-state index is -0.734. The zero-order valence-corrected chi connectivity index (χ0v) is 66.7. The van der Waals surface area contributed by atoms with Gasteiger partial charge in [-0.3, -0.25) is 9.59 Å². The normalized spacial score (nSPS) is 15.3. The standard InChI is InChI=1S/C99H119N4O4/c1-96(2,3)84-39-29-74(30-40-84)69-103(70-75-31-41-85(42-32-75)97(4,5)6)89-49-37-82(38-50-89)93-94(104)92(95(93)105)81-35-47-88(48-36-81)100(13)59-25-23-21-19-17-15-14-16-18-20-22-24-26-60-101-61-55-79(56-62-101)80-57-63-102(64-58-80)68-73-27-33-78(34-28-73)83-66-76(71-106-90-51-43-86(44-52-90)98(7,8)9)65-77(67-83)72-107-91-53-45-87(46-54-91)99(10,11)12/h27-58,61-67,92H,14-26,59-60,68-72H2,1-13H3/q+1. The molecule has 558 valence electrons. The summed E-state index contributed by atoms with van der Waals surface area (Å²) in [5.41, 5.74) is 20.2. The maximum absolute atomic E-state index is 13.8. The molecule has 107 heavy (non-hydrogen) atoms. The van der Waals surface area contributed by atoms with E-state index in [1.807, 2.05) is 24.3 Å². The molecule has 7 aromatic carbocycles. The molecule has 7 aromatic rings. The summed E-state index contributed by atoms with van der Waals surface area (Å²) in [5, 5.41) is 0. The Kier molecular flexibility index (Phi) is 26.4. The fourth-order valence-corrected chi connectivity index (χ4v) is 14.5. The zero-order chi connectivity index (χ0) is 75.7. The van der Waals surface area contributed by atoms with Gasteiger partial charge in [0.05, 0.1) is 5.57 Å². The molecule has 0 N–H and O–H groups in total. The minimum absolute atomic E-state index is 0.0842. The second-order valence-corrected chi connectivity index (χ2v) is 34.4. The lowest BCUT2D eigenvalue weighted by molar-refractivity contribution is -0.558. The molecule has 0 radical (unpaired) electrons. The third-order valence-corrected chi connectivity index (χ3v) is 21.6. The number of nitrogens with zero attached hydrogens (tertiary/aromatic N) is 4. The largest absolute Gasteiger partial charge is 0.489 e. The fourth-order valence-electron chi connectivity index (χ4n) is 14.5. The maximum atomic E-state index is 13.8. The summed E-state index contributed by atoms with van der Waals surface area (Å²) in [6.07, 6.45) is 42.7. The highest BCUT2D eigenvalue weighted by Gasteiger charge is 2.46. The number of anilines is 1. The van der Waals surface area contributed by atoms with Crippen LogP contribution in [0, 0.1) is 0 Å². The number of unbranched alkanes of at least 4 members (excludes halogenated alkanes) is 12. The van der Waals surface area contributed by atoms with Crippen LogP contribution in [0.15, 0.2) is 259 Å². The Hall–Kier alpha value is -9.53. The Morgan fingerprint density at radius 2 is 0.757 bits per heavy atom. The number of ether oxygens (including phenoxy) is 2. The monoisotopic (exact) mass is 1430 g/mol. The minimum Gasteiger partial charge on any atom is -0.489 e. The van der Waals surface area contributed by atoms with Gasteiger partial charge in [0, 0.05) is 80.4 Å². The van der Waals surface area contributed by atoms with Crippen LogP contribution in [-0.2, 0) is 64.1 Å². The number of rotatable bonds is 31. The first-order valence-electron chi connectivity index (χ1n) is 39.8. The van der Waals surface area contributed by atoms with E-state index in [4.69, 9.17) is 9.47 Å². The van der Waals surface area contributed by atoms with Crippen molar-refractivity contribution in [1.82, 2.24) is 9.80 Å². The number of carbonyl (C=O) groups is 2. The van der Waals surface area contributed by atoms with E-state index in [0.717, 1.165) is 89.9 Å². The van der Waals surface area contributed by atoms with Gasteiger partial charge in [0.25, 0.3) is 0 Å². The molecular formula is C99H119N4O4+. The van der Waals surface area contributed by atoms with E-state index < -0.39 is 5.92 Å². The van der Waals surface area contributed by atoms with Crippen molar-refractivity contribution in [2.75, 3.05) is 25.0 Å². The van der Waals surface area contributed by atoms with Crippen LogP contribution < -0.4 is 14.4 Å². The molecule has 1 fully saturated rings. The van der Waals surface area contributed by atoms with Crippen LogP contribution in [0.2, 0.25) is 0 Å². The van der Waals surface area contributed by atoms with Gasteiger partial charge < -0.3 is 24.2 Å². The molecule has 0 spiro atoms. The van der Waals surface area contributed by atoms with Crippen LogP contribution in [0.5, 0.6) is 11.5 Å². The number of allylic oxidation sites excluding steroid dienone is 12. The van der Waals surface area contributed by atoms with Crippen LogP contribution in [0.4, 0.5) is 5.69 Å². The number of Topliss-reactive ketones (excluding diaryl/α,β-unsaturated/α-hetero) is 2. The van der Waals surface area contributed by atoms with Crippen molar-refractivity contribution in [3.63, 3.8) is 0 Å². The predicted molar refractivity (Wildman–Crippen MR) is 447 cm³/mol. The van der Waals surface area contributed by atoms with Gasteiger partial charge in [-0.05, 0) is 198 Å². The van der Waals surface area contributed by atoms with Crippen molar-refractivity contribution in [1.29, 1.82) is 0 Å². The lowest BCUT2D eigenvalue weighted by Gasteiger charge is -2.28. The van der Waals surface area contributed by atoms with Crippen LogP contribution in [0.1, 0.15) is 228 Å². The lowest BCUT2D eigenvalue weighted by Crippen LogP contribution is -2.39. The third kappa shape index (κ3) is 22.3. The highest BCUT2D eigenvalue weighted by molar-refractivity contribution is 6.42. The van der Waals surface area contributed by atoms with Crippen molar-refractivity contribution in [2.24, 2.45) is 0 Å². The second kappa shape index (κ2) is 35.9. The topological polar surface area (TPSA) is 65.3 Å². The van der Waals surface area contributed by atoms with Gasteiger partial charge in [0.2, 0.25) is 5.71 Å². The Labute approximate surface area is 642 Å². The molecule has 0 amide bonds. The summed E-state index contributed by atoms with van der Waals surface area (Å²) >= 11 is 0. The van der Waals surface area contributed by atoms with Gasteiger partial charge in [0.1, 0.15) is 30.6 Å². The predicted octanol–water partition coefficient (Wildman–Crippen LogP) is 23.9. The van der Waals surface area contributed by atoms with E-state index >= 15 is 0 Å². The molecule has 8 nitrogen and oxygen atoms in total. The van der Waals surface area contributed by atoms with Gasteiger partial charge in [-0.15, -0.1) is 0 Å². The molecule has 8 heteroatoms. The van der Waals surface area contributed by atoms with E-state index in [1.54, 1.807) is 0 Å². The highest BCUT2D eigenvalue weighted by Crippen LogP contribution is 2.39. The molecule has 1 saturated carbocycles. The number of hydrogen-bond donors (Lipinski definition) is 0. The Balaban J connectivity index is 0.535. The van der Waals surface area contributed by atoms with E-state index in [1.165, 1.54) is 127 Å². The number of ketones is 2. The Morgan fingerprint density at radius 1 is 0.374 bits per heavy atom. The smallest absolute Gasteiger partial charge is 0.200 e. The Bertz CT molecular complexity index is 4240. The first-order chi connectivity index (χ1) is 51.3. The summed E-state index contributed by atoms with van der Waals surface area (Å²) in [6.45, 7) is 32.1. The average Bonchev–Trinajstić information content (AvgIpc) is 0.746. The molecule has 2 aliphatic carbocycles. The third-order valence-electron chi connectivity index (χ3n) is 21.6. The van der Waals surface area contributed by atoms with E-state index in [0.29, 0.717) is 24.4 Å². The molecule has 4 aliphatic rings. The van der Waals surface area contributed by atoms with Crippen LogP contribution in [-0.4, -0.2) is 51.8 Å². The van der Waals surface area contributed by atoms with Gasteiger partial charge in [-0.1, -0.05) is 263 Å². The Morgan fingerprint density at radius 3 is 1.18 bits per heavy atom. The second-order valence-electron chi connectivity index (χ2n) is 34.4.